The van der Waals surface area contributed by atoms with Gasteiger partial charge in [-0.25, -0.2) is 4.79 Å². The fraction of sp³-hybridized carbons (Fsp3) is 0.750. The second-order valence-electron chi connectivity index (χ2n) is 12.0. The molecule has 1 heterocycles. The summed E-state index contributed by atoms with van der Waals surface area (Å²) in [6.07, 6.45) is 8.07. The standard InChI is InChI=1S/C23H39N3O5.C5H9NOS.C2H6.C2H4/c1-7-13-30-16(3)14-15(2)19(25-22(29)31-23(4,5)6)21(28)26-12-8-9-18(26)20(27)24-17-10-11-17;1-5(2-3-5)8-6-4-7;2*1-2/h7,15-19H,1,8-14H2,2-6H3,(H,24,27)(H,25,29);4H,2-3H2,1H3,(H,6,7);1-2H3;1-2H2/t15?,16-,18?,19?;;;/m0.../s1. The summed E-state index contributed by atoms with van der Waals surface area (Å²) >= 11 is 1.53. The number of rotatable bonds is 13. The van der Waals surface area contributed by atoms with Crippen LogP contribution in [0.15, 0.2) is 25.8 Å². The molecule has 3 fully saturated rings. The molecule has 0 aromatic heterocycles. The van der Waals surface area contributed by atoms with Gasteiger partial charge in [-0.1, -0.05) is 26.8 Å². The molecule has 3 rings (SSSR count). The molecular formula is C32H58N4O6S. The van der Waals surface area contributed by atoms with Gasteiger partial charge in [-0.15, -0.1) is 19.7 Å². The Morgan fingerprint density at radius 3 is 2.21 bits per heavy atom. The molecule has 4 atom stereocenters. The number of likely N-dealkylation sites (tertiary alicyclic amines) is 1. The van der Waals surface area contributed by atoms with Crippen LogP contribution in [-0.2, 0) is 23.9 Å². The molecule has 4 amide bonds. The Morgan fingerprint density at radius 2 is 1.72 bits per heavy atom. The number of ether oxygens (including phenoxy) is 2. The number of alkyl carbamates (subject to hydrolysis) is 1. The zero-order chi connectivity index (χ0) is 33.2. The molecule has 2 saturated carbocycles. The minimum Gasteiger partial charge on any atom is -0.444 e. The van der Waals surface area contributed by atoms with Gasteiger partial charge in [0.1, 0.15) is 17.7 Å². The maximum absolute atomic E-state index is 13.5. The molecule has 10 nitrogen and oxygen atoms in total. The lowest BCUT2D eigenvalue weighted by molar-refractivity contribution is -0.141. The van der Waals surface area contributed by atoms with Gasteiger partial charge < -0.3 is 29.7 Å². The number of hydrogen-bond donors (Lipinski definition) is 3. The predicted molar refractivity (Wildman–Crippen MR) is 175 cm³/mol. The molecule has 2 aliphatic carbocycles. The third kappa shape index (κ3) is 16.8. The number of carbonyl (C=O) groups excluding carboxylic acids is 4. The molecule has 0 aromatic rings. The molecule has 0 spiro atoms. The Kier molecular flexibility index (Phi) is 19.2. The van der Waals surface area contributed by atoms with Crippen LogP contribution in [0.3, 0.4) is 0 Å². The van der Waals surface area contributed by atoms with Crippen molar-refractivity contribution in [2.75, 3.05) is 13.2 Å². The monoisotopic (exact) mass is 626 g/mol. The van der Waals surface area contributed by atoms with Gasteiger partial charge in [-0.3, -0.25) is 14.4 Å². The summed E-state index contributed by atoms with van der Waals surface area (Å²) < 4.78 is 14.0. The van der Waals surface area contributed by atoms with Crippen molar-refractivity contribution in [3.8, 4) is 0 Å². The topological polar surface area (TPSA) is 126 Å². The first-order valence-electron chi connectivity index (χ1n) is 15.5. The van der Waals surface area contributed by atoms with Crippen LogP contribution in [0.2, 0.25) is 0 Å². The van der Waals surface area contributed by atoms with Gasteiger partial charge >= 0.3 is 6.09 Å². The van der Waals surface area contributed by atoms with Gasteiger partial charge in [0, 0.05) is 17.3 Å². The zero-order valence-electron chi connectivity index (χ0n) is 27.8. The normalized spacial score (nSPS) is 20.0. The first kappa shape index (κ1) is 40.5. The van der Waals surface area contributed by atoms with Gasteiger partial charge in [-0.05, 0) is 97.4 Å². The summed E-state index contributed by atoms with van der Waals surface area (Å²) in [6, 6.07) is -1.06. The smallest absolute Gasteiger partial charge is 0.408 e. The lowest BCUT2D eigenvalue weighted by Crippen LogP contribution is -2.56. The second kappa shape index (κ2) is 20.4. The Labute approximate surface area is 264 Å². The molecule has 43 heavy (non-hydrogen) atoms. The molecule has 1 aliphatic heterocycles. The highest BCUT2D eigenvalue weighted by Crippen LogP contribution is 2.45. The molecule has 0 aromatic carbocycles. The molecule has 3 N–H and O–H groups in total. The highest BCUT2D eigenvalue weighted by Gasteiger charge is 2.41. The Bertz CT molecular complexity index is 872. The lowest BCUT2D eigenvalue weighted by Gasteiger charge is -2.33. The van der Waals surface area contributed by atoms with Crippen LogP contribution >= 0.6 is 11.9 Å². The van der Waals surface area contributed by atoms with Crippen molar-refractivity contribution in [2.24, 2.45) is 5.92 Å². The lowest BCUT2D eigenvalue weighted by atomic mass is 9.94. The quantitative estimate of drug-likeness (QED) is 0.139. The average Bonchev–Trinajstić information content (AvgIpc) is 3.87. The number of nitrogens with one attached hydrogen (secondary N) is 3. The zero-order valence-corrected chi connectivity index (χ0v) is 28.6. The van der Waals surface area contributed by atoms with E-state index in [1.54, 1.807) is 31.7 Å². The van der Waals surface area contributed by atoms with Crippen LogP contribution in [0.5, 0.6) is 0 Å². The van der Waals surface area contributed by atoms with E-state index in [0.29, 0.717) is 30.7 Å². The maximum Gasteiger partial charge on any atom is 0.408 e. The molecule has 0 bridgehead atoms. The van der Waals surface area contributed by atoms with E-state index in [0.717, 1.165) is 25.7 Å². The van der Waals surface area contributed by atoms with Gasteiger partial charge in [-0.2, -0.15) is 0 Å². The van der Waals surface area contributed by atoms with Crippen LogP contribution in [0.1, 0.15) is 100 Å². The second-order valence-corrected chi connectivity index (χ2v) is 13.5. The number of amides is 4. The van der Waals surface area contributed by atoms with Crippen molar-refractivity contribution >= 4 is 36.3 Å². The Balaban J connectivity index is 0.00000124. The first-order chi connectivity index (χ1) is 20.3. The summed E-state index contributed by atoms with van der Waals surface area (Å²) in [5.41, 5.74) is -0.679. The van der Waals surface area contributed by atoms with Gasteiger partial charge in [0.05, 0.1) is 12.7 Å². The van der Waals surface area contributed by atoms with Crippen LogP contribution in [-0.4, -0.2) is 76.9 Å². The molecule has 11 heteroatoms. The molecule has 3 aliphatic rings. The fourth-order valence-electron chi connectivity index (χ4n) is 4.29. The fourth-order valence-corrected chi connectivity index (χ4v) is 4.93. The Morgan fingerprint density at radius 1 is 1.12 bits per heavy atom. The molecule has 0 radical (unpaired) electrons. The van der Waals surface area contributed by atoms with E-state index in [-0.39, 0.29) is 29.9 Å². The SMILES string of the molecule is C=C.C=CCO[C@@H](C)CC(C)C(NC(=O)OC(C)(C)C)C(=O)N1CCCC1C(=O)NC1CC1.CC.CC1(SNC=O)CC1. The van der Waals surface area contributed by atoms with E-state index in [1.807, 2.05) is 27.7 Å². The van der Waals surface area contributed by atoms with Crippen molar-refractivity contribution in [3.05, 3.63) is 25.8 Å². The summed E-state index contributed by atoms with van der Waals surface area (Å²) in [5.74, 6) is -0.560. The minimum atomic E-state index is -0.807. The minimum absolute atomic E-state index is 0.0975. The molecule has 3 unspecified atom stereocenters. The summed E-state index contributed by atoms with van der Waals surface area (Å²) in [5, 5.41) is 5.77. The summed E-state index contributed by atoms with van der Waals surface area (Å²) in [6.45, 7) is 25.9. The van der Waals surface area contributed by atoms with E-state index in [9.17, 15) is 19.2 Å². The van der Waals surface area contributed by atoms with E-state index in [1.165, 1.54) is 24.8 Å². The van der Waals surface area contributed by atoms with Crippen molar-refractivity contribution in [1.82, 2.24) is 20.3 Å². The number of hydrogen-bond acceptors (Lipinski definition) is 7. The van der Waals surface area contributed by atoms with E-state index in [4.69, 9.17) is 9.47 Å². The predicted octanol–water partition coefficient (Wildman–Crippen LogP) is 5.53. The highest BCUT2D eigenvalue weighted by molar-refractivity contribution is 7.99. The van der Waals surface area contributed by atoms with Crippen LogP contribution in [0, 0.1) is 5.92 Å². The maximum atomic E-state index is 13.5. The van der Waals surface area contributed by atoms with Gasteiger partial charge in [0.15, 0.2) is 0 Å². The first-order valence-corrected chi connectivity index (χ1v) is 16.3. The van der Waals surface area contributed by atoms with Gasteiger partial charge in [0.2, 0.25) is 18.2 Å². The largest absolute Gasteiger partial charge is 0.444 e. The third-order valence-electron chi connectivity index (χ3n) is 6.78. The van der Waals surface area contributed by atoms with Gasteiger partial charge in [0.25, 0.3) is 0 Å². The average molecular weight is 627 g/mol. The van der Waals surface area contributed by atoms with Crippen molar-refractivity contribution in [1.29, 1.82) is 0 Å². The molecule has 1 saturated heterocycles. The van der Waals surface area contributed by atoms with Crippen molar-refractivity contribution < 1.29 is 28.7 Å². The molecule has 248 valence electrons. The number of carbonyl (C=O) groups is 4. The van der Waals surface area contributed by atoms with Crippen LogP contribution in [0.25, 0.3) is 0 Å². The molecular weight excluding hydrogens is 568 g/mol. The van der Waals surface area contributed by atoms with Crippen molar-refractivity contribution in [3.63, 3.8) is 0 Å². The van der Waals surface area contributed by atoms with E-state index >= 15 is 0 Å². The van der Waals surface area contributed by atoms with Crippen molar-refractivity contribution in [2.45, 2.75) is 135 Å². The van der Waals surface area contributed by atoms with Crippen LogP contribution < -0.4 is 15.4 Å². The Hall–Kier alpha value is -2.53. The van der Waals surface area contributed by atoms with Crippen LogP contribution in [0.4, 0.5) is 4.79 Å². The number of nitrogens with zero attached hydrogens (tertiary/aromatic N) is 1. The van der Waals surface area contributed by atoms with E-state index < -0.39 is 23.8 Å². The summed E-state index contributed by atoms with van der Waals surface area (Å²) in [4.78, 5) is 50.0. The third-order valence-corrected chi connectivity index (χ3v) is 7.89. The highest BCUT2D eigenvalue weighted by atomic mass is 32.2. The van der Waals surface area contributed by atoms with E-state index in [2.05, 4.69) is 42.0 Å². The summed E-state index contributed by atoms with van der Waals surface area (Å²) in [7, 11) is 0.